The van der Waals surface area contributed by atoms with Gasteiger partial charge >= 0.3 is 6.03 Å². The van der Waals surface area contributed by atoms with Crippen LogP contribution in [0.25, 0.3) is 10.9 Å². The number of hydrogen-bond acceptors (Lipinski definition) is 10. The molecule has 1 aliphatic heterocycles. The van der Waals surface area contributed by atoms with Crippen molar-refractivity contribution in [1.29, 1.82) is 0 Å². The Labute approximate surface area is 250 Å². The summed E-state index contributed by atoms with van der Waals surface area (Å²) in [7, 11) is 1.58. The molecule has 0 spiro atoms. The van der Waals surface area contributed by atoms with Crippen LogP contribution < -0.4 is 24.8 Å². The SMILES string of the molecule is COc1cc2c(Oc3cccc(NC(=O)Nc4cc(C(C)(C)C)on4)c3)ncnc2cc1OCCN1CCC(O)CC1C. The summed E-state index contributed by atoms with van der Waals surface area (Å²) in [5, 5.41) is 19.9. The predicted octanol–water partition coefficient (Wildman–Crippen LogP) is 5.58. The number of nitrogens with zero attached hydrogens (tertiary/aromatic N) is 4. The van der Waals surface area contributed by atoms with E-state index in [1.165, 1.54) is 6.33 Å². The van der Waals surface area contributed by atoms with E-state index in [1.54, 1.807) is 43.5 Å². The number of ether oxygens (including phenoxy) is 3. The van der Waals surface area contributed by atoms with Gasteiger partial charge in [0.2, 0.25) is 5.88 Å². The monoisotopic (exact) mass is 590 g/mol. The molecule has 0 saturated carbocycles. The van der Waals surface area contributed by atoms with Crippen molar-refractivity contribution in [3.05, 3.63) is 54.6 Å². The lowest BCUT2D eigenvalue weighted by atomic mass is 9.93. The fourth-order valence-corrected chi connectivity index (χ4v) is 4.91. The first kappa shape index (κ1) is 30.1. The molecule has 228 valence electrons. The van der Waals surface area contributed by atoms with E-state index >= 15 is 0 Å². The minimum absolute atomic E-state index is 0.226. The number of urea groups is 1. The van der Waals surface area contributed by atoms with Gasteiger partial charge < -0.3 is 29.2 Å². The van der Waals surface area contributed by atoms with Crippen molar-refractivity contribution in [2.45, 2.75) is 58.1 Å². The molecule has 2 unspecified atom stereocenters. The molecule has 1 aliphatic rings. The van der Waals surface area contributed by atoms with Crippen LogP contribution in [0.4, 0.5) is 16.3 Å². The second-order valence-electron chi connectivity index (χ2n) is 11.6. The molecule has 1 saturated heterocycles. The Balaban J connectivity index is 1.25. The van der Waals surface area contributed by atoms with E-state index in [1.807, 2.05) is 26.8 Å². The molecular formula is C31H38N6O6. The average molecular weight is 591 g/mol. The van der Waals surface area contributed by atoms with Crippen LogP contribution in [0.15, 0.2) is 53.3 Å². The molecule has 5 rings (SSSR count). The Bertz CT molecular complexity index is 1570. The molecule has 2 atom stereocenters. The zero-order valence-electron chi connectivity index (χ0n) is 25.1. The number of carbonyl (C=O) groups is 1. The third-order valence-corrected chi connectivity index (χ3v) is 7.30. The number of aliphatic hydroxyl groups excluding tert-OH is 1. The van der Waals surface area contributed by atoms with Crippen molar-refractivity contribution in [3.63, 3.8) is 0 Å². The lowest BCUT2D eigenvalue weighted by molar-refractivity contribution is 0.0413. The molecule has 0 radical (unpaired) electrons. The standard InChI is InChI=1S/C31H38N6O6/c1-19-13-21(38)9-10-37(19)11-12-41-26-16-24-23(15-25(26)40-5)29(33-18-32-24)42-22-8-6-7-20(14-22)34-30(39)35-28-17-27(43-36-28)31(2,3)4/h6-8,14-19,21,38H,9-13H2,1-5H3,(H2,34,35,36,39). The first-order valence-corrected chi connectivity index (χ1v) is 14.3. The first-order valence-electron chi connectivity index (χ1n) is 14.3. The topological polar surface area (TPSA) is 144 Å². The van der Waals surface area contributed by atoms with Gasteiger partial charge in [0.05, 0.1) is 24.1 Å². The molecule has 2 aromatic carbocycles. The van der Waals surface area contributed by atoms with Crippen LogP contribution in [-0.4, -0.2) is 70.1 Å². The maximum atomic E-state index is 12.6. The summed E-state index contributed by atoms with van der Waals surface area (Å²) in [6.45, 7) is 10.2. The van der Waals surface area contributed by atoms with Gasteiger partial charge in [0.15, 0.2) is 17.3 Å². The number of nitrogens with one attached hydrogen (secondary N) is 2. The molecular weight excluding hydrogens is 552 g/mol. The minimum Gasteiger partial charge on any atom is -0.493 e. The number of likely N-dealkylation sites (tertiary alicyclic amines) is 1. The van der Waals surface area contributed by atoms with Gasteiger partial charge in [-0.2, -0.15) is 0 Å². The number of methoxy groups -OCH3 is 1. The smallest absolute Gasteiger partial charge is 0.324 e. The summed E-state index contributed by atoms with van der Waals surface area (Å²) < 4.78 is 23.2. The van der Waals surface area contributed by atoms with Crippen LogP contribution >= 0.6 is 0 Å². The highest BCUT2D eigenvalue weighted by molar-refractivity contribution is 5.99. The van der Waals surface area contributed by atoms with Crippen LogP contribution in [0.2, 0.25) is 0 Å². The van der Waals surface area contributed by atoms with Gasteiger partial charge in [0.1, 0.15) is 24.4 Å². The number of aliphatic hydroxyl groups is 1. The summed E-state index contributed by atoms with van der Waals surface area (Å²) in [5.74, 6) is 2.88. The summed E-state index contributed by atoms with van der Waals surface area (Å²) in [5.41, 5.74) is 0.918. The largest absolute Gasteiger partial charge is 0.493 e. The van der Waals surface area contributed by atoms with E-state index in [2.05, 4.69) is 37.6 Å². The molecule has 2 aromatic heterocycles. The van der Waals surface area contributed by atoms with Gasteiger partial charge in [0, 0.05) is 48.4 Å². The Hall–Kier alpha value is -4.42. The Morgan fingerprint density at radius 1 is 1.14 bits per heavy atom. The Morgan fingerprint density at radius 2 is 1.98 bits per heavy atom. The second-order valence-corrected chi connectivity index (χ2v) is 11.6. The Morgan fingerprint density at radius 3 is 2.72 bits per heavy atom. The zero-order valence-corrected chi connectivity index (χ0v) is 25.1. The molecule has 4 aromatic rings. The van der Waals surface area contributed by atoms with E-state index in [4.69, 9.17) is 18.7 Å². The van der Waals surface area contributed by atoms with Crippen molar-refractivity contribution in [3.8, 4) is 23.1 Å². The van der Waals surface area contributed by atoms with E-state index in [0.717, 1.165) is 25.9 Å². The van der Waals surface area contributed by atoms with E-state index in [0.29, 0.717) is 63.9 Å². The highest BCUT2D eigenvalue weighted by atomic mass is 16.5. The number of hydrogen-bond donors (Lipinski definition) is 3. The predicted molar refractivity (Wildman–Crippen MR) is 162 cm³/mol. The number of rotatable bonds is 9. The van der Waals surface area contributed by atoms with Gasteiger partial charge in [-0.15, -0.1) is 0 Å². The minimum atomic E-state index is -0.469. The van der Waals surface area contributed by atoms with Crippen molar-refractivity contribution in [1.82, 2.24) is 20.0 Å². The molecule has 1 fully saturated rings. The molecule has 12 nitrogen and oxygen atoms in total. The van der Waals surface area contributed by atoms with Gasteiger partial charge in [-0.1, -0.05) is 32.0 Å². The van der Waals surface area contributed by atoms with Gasteiger partial charge in [-0.25, -0.2) is 14.8 Å². The molecule has 0 aliphatic carbocycles. The highest BCUT2D eigenvalue weighted by Gasteiger charge is 2.24. The fourth-order valence-electron chi connectivity index (χ4n) is 4.91. The third kappa shape index (κ3) is 7.51. The number of benzene rings is 2. The van der Waals surface area contributed by atoms with Crippen molar-refractivity contribution in [2.75, 3.05) is 37.4 Å². The summed E-state index contributed by atoms with van der Waals surface area (Å²) in [4.78, 5) is 23.6. The number of amides is 2. The lowest BCUT2D eigenvalue weighted by Crippen LogP contribution is -2.44. The number of carbonyl (C=O) groups excluding carboxylic acids is 1. The number of anilines is 2. The molecule has 3 N–H and O–H groups in total. The summed E-state index contributed by atoms with van der Waals surface area (Å²) >= 11 is 0. The molecule has 0 bridgehead atoms. The molecule has 12 heteroatoms. The number of piperidine rings is 1. The maximum absolute atomic E-state index is 12.6. The summed E-state index contributed by atoms with van der Waals surface area (Å²) in [6.07, 6.45) is 2.74. The second kappa shape index (κ2) is 12.8. The zero-order chi connectivity index (χ0) is 30.6. The van der Waals surface area contributed by atoms with E-state index in [9.17, 15) is 9.90 Å². The van der Waals surface area contributed by atoms with E-state index in [-0.39, 0.29) is 11.5 Å². The normalized spacial score (nSPS) is 17.4. The maximum Gasteiger partial charge on any atom is 0.324 e. The van der Waals surface area contributed by atoms with Crippen LogP contribution in [0.1, 0.15) is 46.3 Å². The highest BCUT2D eigenvalue weighted by Crippen LogP contribution is 2.36. The van der Waals surface area contributed by atoms with Gasteiger partial charge in [0.25, 0.3) is 0 Å². The quantitative estimate of drug-likeness (QED) is 0.226. The van der Waals surface area contributed by atoms with Crippen LogP contribution in [-0.2, 0) is 5.41 Å². The van der Waals surface area contributed by atoms with Crippen LogP contribution in [0.3, 0.4) is 0 Å². The molecule has 3 heterocycles. The number of aromatic nitrogens is 3. The third-order valence-electron chi connectivity index (χ3n) is 7.30. The average Bonchev–Trinajstić information content (AvgIpc) is 3.43. The van der Waals surface area contributed by atoms with Crippen molar-refractivity contribution in [2.24, 2.45) is 0 Å². The van der Waals surface area contributed by atoms with Crippen LogP contribution in [0, 0.1) is 0 Å². The van der Waals surface area contributed by atoms with E-state index < -0.39 is 6.03 Å². The van der Waals surface area contributed by atoms with Gasteiger partial charge in [-0.3, -0.25) is 10.2 Å². The first-order chi connectivity index (χ1) is 20.6. The van der Waals surface area contributed by atoms with Crippen molar-refractivity contribution >= 4 is 28.4 Å². The Kier molecular flexibility index (Phi) is 8.97. The summed E-state index contributed by atoms with van der Waals surface area (Å²) in [6, 6.07) is 12.1. The number of fused-ring (bicyclic) bond motifs is 1. The van der Waals surface area contributed by atoms with Crippen molar-refractivity contribution < 1.29 is 28.6 Å². The fraction of sp³-hybridized carbons (Fsp3) is 0.419. The molecule has 43 heavy (non-hydrogen) atoms. The van der Waals surface area contributed by atoms with Crippen LogP contribution in [0.5, 0.6) is 23.1 Å². The lowest BCUT2D eigenvalue weighted by Gasteiger charge is -2.35. The van der Waals surface area contributed by atoms with Gasteiger partial charge in [-0.05, 0) is 38.0 Å². The molecule has 2 amide bonds.